The van der Waals surface area contributed by atoms with Crippen LogP contribution in [0.2, 0.25) is 0 Å². The van der Waals surface area contributed by atoms with Crippen molar-refractivity contribution in [1.82, 2.24) is 9.80 Å². The first-order valence-electron chi connectivity index (χ1n) is 6.15. The summed E-state index contributed by atoms with van der Waals surface area (Å²) >= 11 is 0. The highest BCUT2D eigenvalue weighted by Gasteiger charge is 2.29. The molecule has 0 aromatic carbocycles. The maximum Gasteiger partial charge on any atom is 0.323 e. The summed E-state index contributed by atoms with van der Waals surface area (Å²) in [7, 11) is 5.71. The molecule has 0 aliphatic carbocycles. The number of hydrogen-bond acceptors (Lipinski definition) is 4. The second-order valence-electron chi connectivity index (χ2n) is 5.05. The van der Waals surface area contributed by atoms with Crippen LogP contribution in [0.4, 0.5) is 0 Å². The third-order valence-electron chi connectivity index (χ3n) is 3.32. The summed E-state index contributed by atoms with van der Waals surface area (Å²) in [6, 6.07) is -0.486. The van der Waals surface area contributed by atoms with E-state index in [4.69, 9.17) is 9.84 Å². The number of carboxylic acid groups (broad SMARTS) is 1. The van der Waals surface area contributed by atoms with Gasteiger partial charge < -0.3 is 14.7 Å². The van der Waals surface area contributed by atoms with E-state index in [1.54, 1.807) is 7.11 Å². The van der Waals surface area contributed by atoms with E-state index >= 15 is 0 Å². The minimum Gasteiger partial charge on any atom is -0.480 e. The van der Waals surface area contributed by atoms with Crippen molar-refractivity contribution in [3.8, 4) is 0 Å². The number of likely N-dealkylation sites (tertiary alicyclic amines) is 1. The first kappa shape index (κ1) is 14.4. The molecular formula is C12H24N2O3. The quantitative estimate of drug-likeness (QED) is 0.731. The standard InChI is InChI=1S/C12H24N2O3/c1-13(2)8-10-4-6-14(7-5-10)11(9-17-3)12(15)16/h10-11H,4-9H2,1-3H3,(H,15,16). The second kappa shape index (κ2) is 6.93. The Morgan fingerprint density at radius 3 is 2.47 bits per heavy atom. The summed E-state index contributed by atoms with van der Waals surface area (Å²) in [6.45, 7) is 3.08. The molecule has 0 aromatic heterocycles. The molecule has 1 heterocycles. The van der Waals surface area contributed by atoms with Gasteiger partial charge in [0.2, 0.25) is 0 Å². The molecule has 100 valence electrons. The van der Waals surface area contributed by atoms with Crippen LogP contribution in [0.5, 0.6) is 0 Å². The lowest BCUT2D eigenvalue weighted by Crippen LogP contribution is -2.48. The van der Waals surface area contributed by atoms with E-state index in [2.05, 4.69) is 19.0 Å². The molecule has 0 radical (unpaired) electrons. The molecule has 1 N–H and O–H groups in total. The Kier molecular flexibility index (Phi) is 5.88. The average Bonchev–Trinajstić information content (AvgIpc) is 2.26. The first-order valence-corrected chi connectivity index (χ1v) is 6.15. The van der Waals surface area contributed by atoms with Crippen molar-refractivity contribution in [2.45, 2.75) is 18.9 Å². The van der Waals surface area contributed by atoms with Crippen molar-refractivity contribution in [2.24, 2.45) is 5.92 Å². The predicted molar refractivity (Wildman–Crippen MR) is 66.2 cm³/mol. The normalized spacial score (nSPS) is 20.7. The number of hydrogen-bond donors (Lipinski definition) is 1. The molecule has 1 saturated heterocycles. The Morgan fingerprint density at radius 2 is 2.06 bits per heavy atom. The minimum atomic E-state index is -0.780. The Labute approximate surface area is 103 Å². The van der Waals surface area contributed by atoms with Crippen LogP contribution in [-0.4, -0.2) is 74.4 Å². The minimum absolute atomic E-state index is 0.272. The Morgan fingerprint density at radius 1 is 1.47 bits per heavy atom. The molecule has 5 nitrogen and oxygen atoms in total. The molecule has 1 aliphatic heterocycles. The number of methoxy groups -OCH3 is 1. The van der Waals surface area contributed by atoms with Crippen molar-refractivity contribution in [3.63, 3.8) is 0 Å². The van der Waals surface area contributed by atoms with Gasteiger partial charge in [-0.25, -0.2) is 0 Å². The van der Waals surface area contributed by atoms with E-state index < -0.39 is 12.0 Å². The van der Waals surface area contributed by atoms with Gasteiger partial charge in [0.1, 0.15) is 6.04 Å². The molecule has 1 atom stereocenters. The van der Waals surface area contributed by atoms with Gasteiger partial charge in [0, 0.05) is 13.7 Å². The molecule has 0 saturated carbocycles. The van der Waals surface area contributed by atoms with Crippen LogP contribution in [0.15, 0.2) is 0 Å². The number of piperidine rings is 1. The topological polar surface area (TPSA) is 53.0 Å². The van der Waals surface area contributed by atoms with Crippen LogP contribution >= 0.6 is 0 Å². The number of rotatable bonds is 6. The number of aliphatic carboxylic acids is 1. The Hall–Kier alpha value is -0.650. The molecule has 1 aliphatic rings. The lowest BCUT2D eigenvalue weighted by Gasteiger charge is -2.36. The molecule has 0 amide bonds. The summed E-state index contributed by atoms with van der Waals surface area (Å²) in [5.41, 5.74) is 0. The van der Waals surface area contributed by atoms with Gasteiger partial charge in [0.25, 0.3) is 0 Å². The summed E-state index contributed by atoms with van der Waals surface area (Å²) in [4.78, 5) is 15.3. The fourth-order valence-corrected chi connectivity index (χ4v) is 2.45. The molecular weight excluding hydrogens is 220 g/mol. The molecule has 1 fully saturated rings. The maximum atomic E-state index is 11.1. The number of carboxylic acids is 1. The van der Waals surface area contributed by atoms with Crippen molar-refractivity contribution in [2.75, 3.05) is 47.4 Å². The second-order valence-corrected chi connectivity index (χ2v) is 5.05. The van der Waals surface area contributed by atoms with E-state index in [1.807, 2.05) is 4.90 Å². The van der Waals surface area contributed by atoms with E-state index in [-0.39, 0.29) is 6.61 Å². The van der Waals surface area contributed by atoms with Crippen molar-refractivity contribution < 1.29 is 14.6 Å². The van der Waals surface area contributed by atoms with Crippen LogP contribution in [0.3, 0.4) is 0 Å². The van der Waals surface area contributed by atoms with Gasteiger partial charge in [-0.05, 0) is 45.9 Å². The van der Waals surface area contributed by atoms with Gasteiger partial charge in [0.05, 0.1) is 6.61 Å². The molecule has 17 heavy (non-hydrogen) atoms. The highest BCUT2D eigenvalue weighted by molar-refractivity contribution is 5.73. The third kappa shape index (κ3) is 4.61. The predicted octanol–water partition coefficient (Wildman–Crippen LogP) is 0.360. The van der Waals surface area contributed by atoms with E-state index in [9.17, 15) is 4.79 Å². The zero-order chi connectivity index (χ0) is 12.8. The highest BCUT2D eigenvalue weighted by Crippen LogP contribution is 2.19. The lowest BCUT2D eigenvalue weighted by molar-refractivity contribution is -0.146. The van der Waals surface area contributed by atoms with Gasteiger partial charge in [-0.1, -0.05) is 0 Å². The van der Waals surface area contributed by atoms with E-state index in [0.29, 0.717) is 5.92 Å². The Balaban J connectivity index is 2.41. The van der Waals surface area contributed by atoms with Gasteiger partial charge in [-0.15, -0.1) is 0 Å². The molecule has 0 aromatic rings. The molecule has 1 rings (SSSR count). The van der Waals surface area contributed by atoms with Crippen LogP contribution in [0, 0.1) is 5.92 Å². The van der Waals surface area contributed by atoms with Gasteiger partial charge in [-0.3, -0.25) is 9.69 Å². The fourth-order valence-electron chi connectivity index (χ4n) is 2.45. The zero-order valence-electron chi connectivity index (χ0n) is 11.1. The van der Waals surface area contributed by atoms with Crippen LogP contribution in [-0.2, 0) is 9.53 Å². The van der Waals surface area contributed by atoms with Crippen molar-refractivity contribution in [1.29, 1.82) is 0 Å². The monoisotopic (exact) mass is 244 g/mol. The summed E-state index contributed by atoms with van der Waals surface area (Å²) in [5, 5.41) is 9.14. The van der Waals surface area contributed by atoms with Crippen LogP contribution in [0.25, 0.3) is 0 Å². The number of carbonyl (C=O) groups is 1. The third-order valence-corrected chi connectivity index (χ3v) is 3.32. The highest BCUT2D eigenvalue weighted by atomic mass is 16.5. The number of ether oxygens (including phenoxy) is 1. The van der Waals surface area contributed by atoms with Crippen LogP contribution in [0.1, 0.15) is 12.8 Å². The SMILES string of the molecule is COCC(C(=O)O)N1CCC(CN(C)C)CC1. The molecule has 0 spiro atoms. The summed E-state index contributed by atoms with van der Waals surface area (Å²) < 4.78 is 4.98. The van der Waals surface area contributed by atoms with Crippen molar-refractivity contribution in [3.05, 3.63) is 0 Å². The molecule has 1 unspecified atom stereocenters. The summed E-state index contributed by atoms with van der Waals surface area (Å²) in [5.74, 6) is -0.0869. The molecule has 0 bridgehead atoms. The average molecular weight is 244 g/mol. The smallest absolute Gasteiger partial charge is 0.323 e. The fraction of sp³-hybridized carbons (Fsp3) is 0.917. The van der Waals surface area contributed by atoms with Gasteiger partial charge in [-0.2, -0.15) is 0 Å². The summed E-state index contributed by atoms with van der Waals surface area (Å²) in [6.07, 6.45) is 2.15. The van der Waals surface area contributed by atoms with E-state index in [0.717, 1.165) is 32.5 Å². The maximum absolute atomic E-state index is 11.1. The Bertz CT molecular complexity index is 238. The van der Waals surface area contributed by atoms with Crippen LogP contribution < -0.4 is 0 Å². The number of nitrogens with zero attached hydrogens (tertiary/aromatic N) is 2. The first-order chi connectivity index (χ1) is 8.04. The lowest BCUT2D eigenvalue weighted by atomic mass is 9.95. The van der Waals surface area contributed by atoms with E-state index in [1.165, 1.54) is 0 Å². The zero-order valence-corrected chi connectivity index (χ0v) is 11.1. The van der Waals surface area contributed by atoms with Crippen molar-refractivity contribution >= 4 is 5.97 Å². The van der Waals surface area contributed by atoms with Gasteiger partial charge >= 0.3 is 5.97 Å². The molecule has 5 heteroatoms. The largest absolute Gasteiger partial charge is 0.480 e. The van der Waals surface area contributed by atoms with Gasteiger partial charge in [0.15, 0.2) is 0 Å².